The Morgan fingerprint density at radius 1 is 1.11 bits per heavy atom. The average molecular weight is 255 g/mol. The van der Waals surface area contributed by atoms with Crippen molar-refractivity contribution < 1.29 is 9.90 Å². The minimum absolute atomic E-state index is 0.147. The molecule has 0 spiro atoms. The molecular formula is C15H29NO2. The molecule has 3 nitrogen and oxygen atoms in total. The smallest absolute Gasteiger partial charge is 0.303 e. The van der Waals surface area contributed by atoms with E-state index in [-0.39, 0.29) is 22.7 Å². The van der Waals surface area contributed by atoms with Crippen LogP contribution in [0.3, 0.4) is 0 Å². The molecule has 0 aromatic heterocycles. The Labute approximate surface area is 111 Å². The summed E-state index contributed by atoms with van der Waals surface area (Å²) in [6.07, 6.45) is 3.07. The van der Waals surface area contributed by atoms with Crippen molar-refractivity contribution in [3.63, 3.8) is 0 Å². The first kappa shape index (κ1) is 15.5. The van der Waals surface area contributed by atoms with Crippen LogP contribution < -0.4 is 5.73 Å². The second-order valence-electron chi connectivity index (χ2n) is 8.43. The summed E-state index contributed by atoms with van der Waals surface area (Å²) in [5, 5.41) is 9.28. The Bertz CT molecular complexity index is 321. The van der Waals surface area contributed by atoms with Gasteiger partial charge >= 0.3 is 5.97 Å². The van der Waals surface area contributed by atoms with Crippen molar-refractivity contribution in [1.82, 2.24) is 0 Å². The van der Waals surface area contributed by atoms with Crippen molar-refractivity contribution in [1.29, 1.82) is 0 Å². The number of hydrogen-bond donors (Lipinski definition) is 2. The van der Waals surface area contributed by atoms with Crippen molar-refractivity contribution >= 4 is 5.97 Å². The van der Waals surface area contributed by atoms with Crippen LogP contribution in [0.25, 0.3) is 0 Å². The largest absolute Gasteiger partial charge is 0.481 e. The van der Waals surface area contributed by atoms with Gasteiger partial charge in [0, 0.05) is 5.54 Å². The third kappa shape index (κ3) is 3.25. The quantitative estimate of drug-likeness (QED) is 0.812. The summed E-state index contributed by atoms with van der Waals surface area (Å²) in [5.74, 6) is -0.734. The summed E-state index contributed by atoms with van der Waals surface area (Å²) in [6.45, 7) is 12.9. The molecule has 18 heavy (non-hydrogen) atoms. The molecule has 1 rings (SSSR count). The van der Waals surface area contributed by atoms with Crippen LogP contribution in [0.2, 0.25) is 0 Å². The lowest BCUT2D eigenvalue weighted by Crippen LogP contribution is -2.58. The highest BCUT2D eigenvalue weighted by molar-refractivity contribution is 5.68. The van der Waals surface area contributed by atoms with Crippen LogP contribution in [0.15, 0.2) is 0 Å². The fourth-order valence-corrected chi connectivity index (χ4v) is 4.41. The molecule has 1 aliphatic rings. The van der Waals surface area contributed by atoms with Gasteiger partial charge in [-0.2, -0.15) is 0 Å². The lowest BCUT2D eigenvalue weighted by atomic mass is 9.49. The van der Waals surface area contributed by atoms with Gasteiger partial charge in [-0.25, -0.2) is 0 Å². The Hall–Kier alpha value is -0.570. The van der Waals surface area contributed by atoms with Gasteiger partial charge < -0.3 is 10.8 Å². The van der Waals surface area contributed by atoms with Crippen molar-refractivity contribution in [2.45, 2.75) is 72.8 Å². The number of hydrogen-bond acceptors (Lipinski definition) is 2. The molecule has 0 heterocycles. The minimum atomic E-state index is -0.734. The second-order valence-corrected chi connectivity index (χ2v) is 8.43. The predicted octanol–water partition coefficient (Wildman–Crippen LogP) is 3.42. The van der Waals surface area contributed by atoms with E-state index in [4.69, 9.17) is 5.73 Å². The highest BCUT2D eigenvalue weighted by Crippen LogP contribution is 2.58. The average Bonchev–Trinajstić information content (AvgIpc) is 1.91. The molecule has 3 heteroatoms. The summed E-state index contributed by atoms with van der Waals surface area (Å²) < 4.78 is 0. The summed E-state index contributed by atoms with van der Waals surface area (Å²) in [7, 11) is 0. The third-order valence-electron chi connectivity index (χ3n) is 4.45. The molecule has 0 aromatic rings. The number of aliphatic carboxylic acids is 1. The summed E-state index contributed by atoms with van der Waals surface area (Å²) in [6, 6.07) is 0. The zero-order valence-electron chi connectivity index (χ0n) is 12.8. The molecular weight excluding hydrogens is 226 g/mol. The normalized spacial score (nSPS) is 25.7. The summed E-state index contributed by atoms with van der Waals surface area (Å²) in [5.41, 5.74) is 5.88. The molecule has 1 aliphatic carbocycles. The first-order chi connectivity index (χ1) is 7.79. The number of carboxylic acid groups (broad SMARTS) is 1. The van der Waals surface area contributed by atoms with E-state index in [0.29, 0.717) is 0 Å². The van der Waals surface area contributed by atoms with E-state index >= 15 is 0 Å². The lowest BCUT2D eigenvalue weighted by Gasteiger charge is -2.57. The molecule has 0 aromatic carbocycles. The number of carbonyl (C=O) groups is 1. The molecule has 106 valence electrons. The van der Waals surface area contributed by atoms with Gasteiger partial charge in [-0.05, 0) is 49.4 Å². The lowest BCUT2D eigenvalue weighted by molar-refractivity contribution is -0.145. The van der Waals surface area contributed by atoms with E-state index < -0.39 is 11.5 Å². The topological polar surface area (TPSA) is 63.3 Å². The van der Waals surface area contributed by atoms with Gasteiger partial charge in [0.05, 0.1) is 6.42 Å². The van der Waals surface area contributed by atoms with Crippen molar-refractivity contribution in [2.75, 3.05) is 0 Å². The van der Waals surface area contributed by atoms with E-state index in [1.807, 2.05) is 13.8 Å². The molecule has 0 bridgehead atoms. The van der Waals surface area contributed by atoms with E-state index in [9.17, 15) is 9.90 Å². The SMILES string of the molecule is CC1(C)CC(C)(C)CC(CC(=O)O)(C(C)(C)N)C1. The Balaban J connectivity index is 3.21. The van der Waals surface area contributed by atoms with E-state index in [1.165, 1.54) is 0 Å². The maximum Gasteiger partial charge on any atom is 0.303 e. The highest BCUT2D eigenvalue weighted by Gasteiger charge is 2.54. The first-order valence-electron chi connectivity index (χ1n) is 6.79. The maximum absolute atomic E-state index is 11.3. The number of nitrogens with two attached hydrogens (primary N) is 1. The number of rotatable bonds is 3. The van der Waals surface area contributed by atoms with Crippen LogP contribution in [-0.4, -0.2) is 16.6 Å². The molecule has 0 radical (unpaired) electrons. The standard InChI is InChI=1S/C15H29NO2/c1-12(2)8-13(3,4)10-15(9-12,7-11(17)18)14(5,6)16/h7-10,16H2,1-6H3,(H,17,18). The van der Waals surface area contributed by atoms with Gasteiger partial charge in [0.15, 0.2) is 0 Å². The fraction of sp³-hybridized carbons (Fsp3) is 0.933. The summed E-state index contributed by atoms with van der Waals surface area (Å²) in [4.78, 5) is 11.3. The molecule has 3 N–H and O–H groups in total. The molecule has 0 unspecified atom stereocenters. The summed E-state index contributed by atoms with van der Waals surface area (Å²) >= 11 is 0. The number of carboxylic acids is 1. The van der Waals surface area contributed by atoms with E-state index in [0.717, 1.165) is 19.3 Å². The Kier molecular flexibility index (Phi) is 3.63. The van der Waals surface area contributed by atoms with Gasteiger partial charge in [0.25, 0.3) is 0 Å². The molecule has 0 amide bonds. The van der Waals surface area contributed by atoms with Gasteiger partial charge in [-0.15, -0.1) is 0 Å². The van der Waals surface area contributed by atoms with Gasteiger partial charge in [-0.1, -0.05) is 27.7 Å². The van der Waals surface area contributed by atoms with Crippen LogP contribution >= 0.6 is 0 Å². The molecule has 0 atom stereocenters. The minimum Gasteiger partial charge on any atom is -0.481 e. The maximum atomic E-state index is 11.3. The van der Waals surface area contributed by atoms with Gasteiger partial charge in [-0.3, -0.25) is 4.79 Å². The monoisotopic (exact) mass is 255 g/mol. The van der Waals surface area contributed by atoms with E-state index in [2.05, 4.69) is 27.7 Å². The van der Waals surface area contributed by atoms with Crippen LogP contribution in [0.5, 0.6) is 0 Å². The van der Waals surface area contributed by atoms with Gasteiger partial charge in [0.1, 0.15) is 0 Å². The Morgan fingerprint density at radius 3 is 1.78 bits per heavy atom. The zero-order chi connectivity index (χ0) is 14.4. The van der Waals surface area contributed by atoms with E-state index in [1.54, 1.807) is 0 Å². The van der Waals surface area contributed by atoms with Crippen LogP contribution in [0.1, 0.15) is 67.2 Å². The van der Waals surface area contributed by atoms with Crippen molar-refractivity contribution in [3.8, 4) is 0 Å². The van der Waals surface area contributed by atoms with Crippen molar-refractivity contribution in [3.05, 3.63) is 0 Å². The Morgan fingerprint density at radius 2 is 1.50 bits per heavy atom. The fourth-order valence-electron chi connectivity index (χ4n) is 4.41. The predicted molar refractivity (Wildman–Crippen MR) is 74.4 cm³/mol. The van der Waals surface area contributed by atoms with Crippen LogP contribution in [0, 0.1) is 16.2 Å². The van der Waals surface area contributed by atoms with Crippen LogP contribution in [0.4, 0.5) is 0 Å². The molecule has 0 aliphatic heterocycles. The molecule has 0 saturated heterocycles. The van der Waals surface area contributed by atoms with Crippen LogP contribution in [-0.2, 0) is 4.79 Å². The zero-order valence-corrected chi connectivity index (χ0v) is 12.8. The highest BCUT2D eigenvalue weighted by atomic mass is 16.4. The van der Waals surface area contributed by atoms with Crippen molar-refractivity contribution in [2.24, 2.45) is 22.0 Å². The first-order valence-corrected chi connectivity index (χ1v) is 6.79. The molecule has 1 fully saturated rings. The van der Waals surface area contributed by atoms with Gasteiger partial charge in [0.2, 0.25) is 0 Å². The molecule has 1 saturated carbocycles. The second kappa shape index (κ2) is 4.22. The third-order valence-corrected chi connectivity index (χ3v) is 4.45.